The molecule has 0 saturated heterocycles. The molecule has 0 aliphatic carbocycles. The summed E-state index contributed by atoms with van der Waals surface area (Å²) in [6.45, 7) is 4.46. The maximum Gasteiger partial charge on any atom is 0.299 e. The lowest BCUT2D eigenvalue weighted by atomic mass is 10.1. The third-order valence-corrected chi connectivity index (χ3v) is 4.23. The molecule has 21 heavy (non-hydrogen) atoms. The number of ketones is 1. The highest BCUT2D eigenvalue weighted by Gasteiger charge is 2.37. The number of aryl methyl sites for hydroxylation is 2. The molecular formula is C17H14BrNO2. The van der Waals surface area contributed by atoms with E-state index in [2.05, 4.69) is 22.0 Å². The Balaban J connectivity index is 2.02. The molecule has 1 heterocycles. The maximum absolute atomic E-state index is 12.2. The molecule has 3 nitrogen and oxygen atoms in total. The number of anilines is 1. The lowest BCUT2D eigenvalue weighted by molar-refractivity contribution is -0.114. The summed E-state index contributed by atoms with van der Waals surface area (Å²) in [7, 11) is 0. The van der Waals surface area contributed by atoms with E-state index in [0.29, 0.717) is 22.3 Å². The molecule has 0 aromatic heterocycles. The zero-order chi connectivity index (χ0) is 15.1. The summed E-state index contributed by atoms with van der Waals surface area (Å²) in [5, 5.41) is 0. The number of amides is 1. The van der Waals surface area contributed by atoms with Crippen LogP contribution in [0.3, 0.4) is 0 Å². The molecule has 2 aromatic carbocycles. The van der Waals surface area contributed by atoms with Crippen molar-refractivity contribution in [3.8, 4) is 0 Å². The van der Waals surface area contributed by atoms with Gasteiger partial charge in [0.25, 0.3) is 11.7 Å². The van der Waals surface area contributed by atoms with Gasteiger partial charge >= 0.3 is 0 Å². The molecule has 0 spiro atoms. The number of carbonyl (C=O) groups excluding carboxylic acids is 2. The van der Waals surface area contributed by atoms with Crippen molar-refractivity contribution in [3.05, 3.63) is 63.1 Å². The van der Waals surface area contributed by atoms with Crippen LogP contribution >= 0.6 is 15.9 Å². The predicted molar refractivity (Wildman–Crippen MR) is 85.6 cm³/mol. The second-order valence-electron chi connectivity index (χ2n) is 5.35. The van der Waals surface area contributed by atoms with E-state index in [1.54, 1.807) is 11.0 Å². The van der Waals surface area contributed by atoms with Crippen LogP contribution in [0.2, 0.25) is 0 Å². The van der Waals surface area contributed by atoms with Crippen molar-refractivity contribution in [1.82, 2.24) is 0 Å². The van der Waals surface area contributed by atoms with Gasteiger partial charge in [-0.05, 0) is 47.5 Å². The first-order valence-corrected chi connectivity index (χ1v) is 7.48. The van der Waals surface area contributed by atoms with Crippen molar-refractivity contribution >= 4 is 33.3 Å². The fraction of sp³-hybridized carbons (Fsp3) is 0.176. The molecule has 4 heteroatoms. The van der Waals surface area contributed by atoms with Crippen molar-refractivity contribution in [2.24, 2.45) is 0 Å². The molecule has 106 valence electrons. The number of fused-ring (bicyclic) bond motifs is 1. The van der Waals surface area contributed by atoms with Gasteiger partial charge in [0.05, 0.1) is 17.8 Å². The standard InChI is InChI=1S/C17H14BrNO2/c1-10-6-11(2)8-12(7-10)9-19-14-5-3-4-13(18)15(14)16(20)17(19)21/h3-8H,9H2,1-2H3. The second-order valence-corrected chi connectivity index (χ2v) is 6.20. The van der Waals surface area contributed by atoms with Crippen LogP contribution in [0.15, 0.2) is 40.9 Å². The van der Waals surface area contributed by atoms with Gasteiger partial charge in [0, 0.05) is 4.47 Å². The van der Waals surface area contributed by atoms with Crippen LogP contribution in [0.1, 0.15) is 27.0 Å². The minimum atomic E-state index is -0.462. The summed E-state index contributed by atoms with van der Waals surface area (Å²) in [6, 6.07) is 11.6. The van der Waals surface area contributed by atoms with Crippen LogP contribution in [-0.4, -0.2) is 11.7 Å². The Morgan fingerprint density at radius 2 is 1.71 bits per heavy atom. The van der Waals surface area contributed by atoms with E-state index in [0.717, 1.165) is 16.7 Å². The normalized spacial score (nSPS) is 13.8. The number of rotatable bonds is 2. The summed E-state index contributed by atoms with van der Waals surface area (Å²) in [6.07, 6.45) is 0. The van der Waals surface area contributed by atoms with Gasteiger partial charge in [0.1, 0.15) is 0 Å². The Labute approximate surface area is 131 Å². The van der Waals surface area contributed by atoms with Gasteiger partial charge in [0.2, 0.25) is 0 Å². The average molecular weight is 344 g/mol. The zero-order valence-electron chi connectivity index (χ0n) is 11.8. The second kappa shape index (κ2) is 5.11. The minimum Gasteiger partial charge on any atom is -0.300 e. The van der Waals surface area contributed by atoms with Gasteiger partial charge < -0.3 is 4.90 Å². The molecule has 0 unspecified atom stereocenters. The van der Waals surface area contributed by atoms with Crippen LogP contribution in [-0.2, 0) is 11.3 Å². The largest absolute Gasteiger partial charge is 0.300 e. The van der Waals surface area contributed by atoms with E-state index in [1.165, 1.54) is 0 Å². The Kier molecular flexibility index (Phi) is 3.41. The van der Waals surface area contributed by atoms with Gasteiger partial charge in [-0.15, -0.1) is 0 Å². The summed E-state index contributed by atoms with van der Waals surface area (Å²) in [5.74, 6) is -0.905. The first-order valence-electron chi connectivity index (χ1n) is 6.69. The van der Waals surface area contributed by atoms with Crippen molar-refractivity contribution < 1.29 is 9.59 Å². The third kappa shape index (κ3) is 2.40. The highest BCUT2D eigenvalue weighted by Crippen LogP contribution is 2.35. The van der Waals surface area contributed by atoms with Crippen LogP contribution in [0, 0.1) is 13.8 Å². The van der Waals surface area contributed by atoms with E-state index in [-0.39, 0.29) is 0 Å². The quantitative estimate of drug-likeness (QED) is 0.778. The number of hydrogen-bond donors (Lipinski definition) is 0. The van der Waals surface area contributed by atoms with Gasteiger partial charge in [-0.25, -0.2) is 0 Å². The van der Waals surface area contributed by atoms with Crippen molar-refractivity contribution in [3.63, 3.8) is 0 Å². The number of Topliss-reactive ketones (excluding diaryl/α,β-unsaturated/α-hetero) is 1. The molecule has 0 radical (unpaired) electrons. The number of hydrogen-bond acceptors (Lipinski definition) is 2. The molecule has 0 saturated carbocycles. The lowest BCUT2D eigenvalue weighted by Crippen LogP contribution is -2.29. The topological polar surface area (TPSA) is 37.4 Å². The molecule has 0 fully saturated rings. The van der Waals surface area contributed by atoms with E-state index in [9.17, 15) is 9.59 Å². The molecule has 0 bridgehead atoms. The van der Waals surface area contributed by atoms with E-state index < -0.39 is 11.7 Å². The fourth-order valence-corrected chi connectivity index (χ4v) is 3.34. The van der Waals surface area contributed by atoms with E-state index in [1.807, 2.05) is 38.1 Å². The van der Waals surface area contributed by atoms with Gasteiger partial charge in [-0.2, -0.15) is 0 Å². The van der Waals surface area contributed by atoms with Crippen LogP contribution in [0.25, 0.3) is 0 Å². The van der Waals surface area contributed by atoms with Crippen molar-refractivity contribution in [1.29, 1.82) is 0 Å². The molecule has 0 N–H and O–H groups in total. The highest BCUT2D eigenvalue weighted by atomic mass is 79.9. The molecule has 1 amide bonds. The Bertz CT molecular complexity index is 747. The number of benzene rings is 2. The monoisotopic (exact) mass is 343 g/mol. The zero-order valence-corrected chi connectivity index (χ0v) is 13.4. The van der Waals surface area contributed by atoms with Crippen LogP contribution < -0.4 is 4.90 Å². The summed E-state index contributed by atoms with van der Waals surface area (Å²) >= 11 is 3.35. The number of halogens is 1. The first-order chi connectivity index (χ1) is 9.97. The maximum atomic E-state index is 12.2. The third-order valence-electron chi connectivity index (χ3n) is 3.57. The first kappa shape index (κ1) is 14.0. The summed E-state index contributed by atoms with van der Waals surface area (Å²) < 4.78 is 0.668. The summed E-state index contributed by atoms with van der Waals surface area (Å²) in [4.78, 5) is 25.9. The predicted octanol–water partition coefficient (Wildman–Crippen LogP) is 3.80. The van der Waals surface area contributed by atoms with Crippen molar-refractivity contribution in [2.75, 3.05) is 4.90 Å². The molecule has 3 rings (SSSR count). The molecule has 2 aromatic rings. The van der Waals surface area contributed by atoms with E-state index in [4.69, 9.17) is 0 Å². The van der Waals surface area contributed by atoms with Gasteiger partial charge in [-0.3, -0.25) is 9.59 Å². The lowest BCUT2D eigenvalue weighted by Gasteiger charge is -2.17. The fourth-order valence-electron chi connectivity index (χ4n) is 2.80. The van der Waals surface area contributed by atoms with Crippen LogP contribution in [0.5, 0.6) is 0 Å². The Morgan fingerprint density at radius 1 is 1.05 bits per heavy atom. The molecule has 1 aliphatic heterocycles. The number of nitrogens with zero attached hydrogens (tertiary/aromatic N) is 1. The van der Waals surface area contributed by atoms with Gasteiger partial charge in [-0.1, -0.05) is 35.4 Å². The smallest absolute Gasteiger partial charge is 0.299 e. The molecule has 1 aliphatic rings. The molecular weight excluding hydrogens is 330 g/mol. The minimum absolute atomic E-state index is 0.413. The van der Waals surface area contributed by atoms with Crippen LogP contribution in [0.4, 0.5) is 5.69 Å². The Morgan fingerprint density at radius 3 is 2.38 bits per heavy atom. The highest BCUT2D eigenvalue weighted by molar-refractivity contribution is 9.10. The van der Waals surface area contributed by atoms with E-state index >= 15 is 0 Å². The average Bonchev–Trinajstić information content (AvgIpc) is 2.64. The van der Waals surface area contributed by atoms with Gasteiger partial charge in [0.15, 0.2) is 0 Å². The van der Waals surface area contributed by atoms with Crippen molar-refractivity contribution in [2.45, 2.75) is 20.4 Å². The number of carbonyl (C=O) groups is 2. The SMILES string of the molecule is Cc1cc(C)cc(CN2C(=O)C(=O)c3c(Br)cccc32)c1. The molecule has 0 atom stereocenters. The summed E-state index contributed by atoms with van der Waals surface area (Å²) in [5.41, 5.74) is 4.47. The Hall–Kier alpha value is -1.94.